The van der Waals surface area contributed by atoms with Crippen LogP contribution in [0.2, 0.25) is 0 Å². The molecule has 1 aromatic carbocycles. The van der Waals surface area contributed by atoms with Gasteiger partial charge in [-0.3, -0.25) is 0 Å². The summed E-state index contributed by atoms with van der Waals surface area (Å²) in [7, 11) is 0. The molecule has 4 nitrogen and oxygen atoms in total. The molecule has 0 amide bonds. The summed E-state index contributed by atoms with van der Waals surface area (Å²) < 4.78 is 40.3. The van der Waals surface area contributed by atoms with Crippen LogP contribution in [0.4, 0.5) is 19.0 Å². The van der Waals surface area contributed by atoms with E-state index in [9.17, 15) is 13.2 Å². The molecule has 1 N–H and O–H groups in total. The number of rotatable bonds is 3. The maximum absolute atomic E-state index is 12.1. The molecule has 1 aliphatic rings. The summed E-state index contributed by atoms with van der Waals surface area (Å²) in [6.07, 6.45) is -2.94. The molecule has 0 bridgehead atoms. The minimum absolute atomic E-state index is 0.230. The first-order valence-electron chi connectivity index (χ1n) is 7.29. The van der Waals surface area contributed by atoms with Crippen molar-refractivity contribution in [3.05, 3.63) is 42.6 Å². The van der Waals surface area contributed by atoms with Gasteiger partial charge in [0.1, 0.15) is 11.6 Å². The van der Waals surface area contributed by atoms with Gasteiger partial charge >= 0.3 is 6.36 Å². The summed E-state index contributed by atoms with van der Waals surface area (Å²) >= 11 is 0. The van der Waals surface area contributed by atoms with Crippen LogP contribution < -0.4 is 15.0 Å². The second-order valence-corrected chi connectivity index (χ2v) is 5.21. The smallest absolute Gasteiger partial charge is 0.406 e. The Morgan fingerprint density at radius 1 is 0.957 bits per heavy atom. The molecule has 122 valence electrons. The maximum Gasteiger partial charge on any atom is 0.573 e. The summed E-state index contributed by atoms with van der Waals surface area (Å²) in [5.74, 6) is 0.680. The molecule has 7 heteroatoms. The zero-order valence-electron chi connectivity index (χ0n) is 12.3. The third-order valence-electron chi connectivity index (χ3n) is 3.61. The zero-order chi connectivity index (χ0) is 16.3. The number of aromatic nitrogens is 1. The van der Waals surface area contributed by atoms with Gasteiger partial charge in [-0.2, -0.15) is 0 Å². The van der Waals surface area contributed by atoms with Gasteiger partial charge in [0.2, 0.25) is 0 Å². The van der Waals surface area contributed by atoms with E-state index in [1.54, 1.807) is 18.3 Å². The molecule has 0 atom stereocenters. The molecule has 1 aromatic heterocycles. The number of alkyl halides is 3. The van der Waals surface area contributed by atoms with E-state index in [-0.39, 0.29) is 5.75 Å². The van der Waals surface area contributed by atoms with Crippen LogP contribution in [0, 0.1) is 0 Å². The highest BCUT2D eigenvalue weighted by Gasteiger charge is 2.30. The number of benzene rings is 1. The molecule has 1 aliphatic heterocycles. The van der Waals surface area contributed by atoms with Crippen molar-refractivity contribution in [2.75, 3.05) is 31.1 Å². The van der Waals surface area contributed by atoms with Gasteiger partial charge in [-0.25, -0.2) is 4.98 Å². The van der Waals surface area contributed by atoms with E-state index in [1.165, 1.54) is 12.1 Å². The van der Waals surface area contributed by atoms with Crippen molar-refractivity contribution in [3.63, 3.8) is 0 Å². The van der Waals surface area contributed by atoms with Gasteiger partial charge in [0, 0.05) is 37.9 Å². The van der Waals surface area contributed by atoms with Gasteiger partial charge in [-0.15, -0.1) is 13.2 Å². The van der Waals surface area contributed by atoms with Crippen LogP contribution in [0.25, 0.3) is 11.1 Å². The van der Waals surface area contributed by atoms with Crippen molar-refractivity contribution in [1.29, 1.82) is 0 Å². The largest absolute Gasteiger partial charge is 0.573 e. The second kappa shape index (κ2) is 6.45. The maximum atomic E-state index is 12.1. The van der Waals surface area contributed by atoms with Crippen molar-refractivity contribution in [2.24, 2.45) is 0 Å². The van der Waals surface area contributed by atoms with Crippen molar-refractivity contribution in [2.45, 2.75) is 6.36 Å². The summed E-state index contributed by atoms with van der Waals surface area (Å²) in [5, 5.41) is 3.28. The predicted octanol–water partition coefficient (Wildman–Crippen LogP) is 3.06. The minimum atomic E-state index is -4.67. The minimum Gasteiger partial charge on any atom is -0.406 e. The van der Waals surface area contributed by atoms with Crippen molar-refractivity contribution >= 4 is 5.82 Å². The zero-order valence-corrected chi connectivity index (χ0v) is 12.3. The number of anilines is 1. The first kappa shape index (κ1) is 15.6. The lowest BCUT2D eigenvalue weighted by Crippen LogP contribution is -2.43. The van der Waals surface area contributed by atoms with Crippen LogP contribution in [0.1, 0.15) is 0 Å². The quantitative estimate of drug-likeness (QED) is 0.942. The average molecular weight is 323 g/mol. The molecule has 2 heterocycles. The molecule has 0 unspecified atom stereocenters. The van der Waals surface area contributed by atoms with E-state index in [0.717, 1.165) is 43.1 Å². The molecular weight excluding hydrogens is 307 g/mol. The fourth-order valence-electron chi connectivity index (χ4n) is 2.49. The highest BCUT2D eigenvalue weighted by Crippen LogP contribution is 2.27. The van der Waals surface area contributed by atoms with Crippen LogP contribution in [-0.4, -0.2) is 37.5 Å². The molecule has 0 aliphatic carbocycles. The van der Waals surface area contributed by atoms with Gasteiger partial charge in [-0.1, -0.05) is 12.1 Å². The Morgan fingerprint density at radius 2 is 1.61 bits per heavy atom. The van der Waals surface area contributed by atoms with Gasteiger partial charge in [0.25, 0.3) is 0 Å². The number of nitrogens with zero attached hydrogens (tertiary/aromatic N) is 2. The summed E-state index contributed by atoms with van der Waals surface area (Å²) in [5.41, 5.74) is 1.64. The van der Waals surface area contributed by atoms with Crippen LogP contribution >= 0.6 is 0 Å². The van der Waals surface area contributed by atoms with Gasteiger partial charge in [0.15, 0.2) is 0 Å². The Hall–Kier alpha value is -2.28. The van der Waals surface area contributed by atoms with Crippen LogP contribution in [0.15, 0.2) is 42.6 Å². The van der Waals surface area contributed by atoms with E-state index < -0.39 is 6.36 Å². The molecule has 2 aromatic rings. The Bertz CT molecular complexity index is 635. The molecule has 1 fully saturated rings. The topological polar surface area (TPSA) is 37.4 Å². The van der Waals surface area contributed by atoms with Gasteiger partial charge < -0.3 is 15.0 Å². The van der Waals surface area contributed by atoms with E-state index in [4.69, 9.17) is 0 Å². The Labute approximate surface area is 131 Å². The molecule has 0 spiro atoms. The van der Waals surface area contributed by atoms with Crippen molar-refractivity contribution < 1.29 is 17.9 Å². The van der Waals surface area contributed by atoms with Crippen LogP contribution in [0.5, 0.6) is 5.75 Å². The monoisotopic (exact) mass is 323 g/mol. The SMILES string of the molecule is FC(F)(F)Oc1ccc(-c2ccc(N3CCNCC3)nc2)cc1. The molecule has 23 heavy (non-hydrogen) atoms. The number of ether oxygens (including phenoxy) is 1. The molecule has 0 saturated carbocycles. The number of piperazine rings is 1. The fourth-order valence-corrected chi connectivity index (χ4v) is 2.49. The number of halogens is 3. The van der Waals surface area contributed by atoms with E-state index in [2.05, 4.69) is 19.9 Å². The van der Waals surface area contributed by atoms with Crippen LogP contribution in [0.3, 0.4) is 0 Å². The normalized spacial score (nSPS) is 15.5. The summed E-state index contributed by atoms with van der Waals surface area (Å²) in [6.45, 7) is 3.69. The summed E-state index contributed by atoms with van der Waals surface area (Å²) in [4.78, 5) is 6.64. The van der Waals surface area contributed by atoms with Gasteiger partial charge in [0.05, 0.1) is 0 Å². The second-order valence-electron chi connectivity index (χ2n) is 5.21. The fraction of sp³-hybridized carbons (Fsp3) is 0.312. The number of hydrogen-bond acceptors (Lipinski definition) is 4. The molecule has 0 radical (unpaired) electrons. The lowest BCUT2D eigenvalue weighted by Gasteiger charge is -2.28. The average Bonchev–Trinajstić information content (AvgIpc) is 2.55. The van der Waals surface area contributed by atoms with Crippen molar-refractivity contribution in [1.82, 2.24) is 10.3 Å². The van der Waals surface area contributed by atoms with Gasteiger partial charge in [-0.05, 0) is 29.8 Å². The third kappa shape index (κ3) is 4.13. The van der Waals surface area contributed by atoms with E-state index >= 15 is 0 Å². The lowest BCUT2D eigenvalue weighted by molar-refractivity contribution is -0.274. The highest BCUT2D eigenvalue weighted by atomic mass is 19.4. The van der Waals surface area contributed by atoms with Crippen LogP contribution in [-0.2, 0) is 0 Å². The molecule has 3 rings (SSSR count). The number of hydrogen-bond donors (Lipinski definition) is 1. The Kier molecular flexibility index (Phi) is 4.38. The third-order valence-corrected chi connectivity index (χ3v) is 3.61. The molecular formula is C16H16F3N3O. The first-order valence-corrected chi connectivity index (χ1v) is 7.29. The Balaban J connectivity index is 1.71. The Morgan fingerprint density at radius 3 is 2.17 bits per heavy atom. The van der Waals surface area contributed by atoms with Crippen molar-refractivity contribution in [3.8, 4) is 16.9 Å². The predicted molar refractivity (Wildman–Crippen MR) is 81.4 cm³/mol. The molecule has 1 saturated heterocycles. The van der Waals surface area contributed by atoms with E-state index in [0.29, 0.717) is 0 Å². The summed E-state index contributed by atoms with van der Waals surface area (Å²) in [6, 6.07) is 9.62. The first-order chi connectivity index (χ1) is 11.0. The lowest BCUT2D eigenvalue weighted by atomic mass is 10.1. The van der Waals surface area contributed by atoms with E-state index in [1.807, 2.05) is 12.1 Å². The standard InChI is InChI=1S/C16H16F3N3O/c17-16(18,19)23-14-4-1-12(2-5-14)13-3-6-15(21-11-13)22-9-7-20-8-10-22/h1-6,11,20H,7-10H2. The highest BCUT2D eigenvalue weighted by molar-refractivity contribution is 5.64. The number of pyridine rings is 1. The number of nitrogens with one attached hydrogen (secondary N) is 1.